The molecule has 0 bridgehead atoms. The molecule has 1 saturated carbocycles. The van der Waals surface area contributed by atoms with Gasteiger partial charge in [0.05, 0.1) is 6.54 Å². The van der Waals surface area contributed by atoms with Gasteiger partial charge in [0.2, 0.25) is 0 Å². The van der Waals surface area contributed by atoms with Crippen LogP contribution in [0.1, 0.15) is 51.9 Å². The maximum Gasteiger partial charge on any atom is 0.191 e. The summed E-state index contributed by atoms with van der Waals surface area (Å²) in [7, 11) is 2.24. The van der Waals surface area contributed by atoms with Crippen molar-refractivity contribution in [3.8, 4) is 0 Å². The molecule has 0 unspecified atom stereocenters. The molecule has 2 aliphatic rings. The van der Waals surface area contributed by atoms with Gasteiger partial charge in [0.25, 0.3) is 0 Å². The van der Waals surface area contributed by atoms with Crippen molar-refractivity contribution in [3.05, 3.63) is 0 Å². The van der Waals surface area contributed by atoms with Crippen LogP contribution >= 0.6 is 24.0 Å². The molecule has 0 aromatic heterocycles. The summed E-state index contributed by atoms with van der Waals surface area (Å²) >= 11 is 0. The summed E-state index contributed by atoms with van der Waals surface area (Å²) in [6, 6.07) is 0.774. The number of nitrogens with zero attached hydrogens (tertiary/aromatic N) is 3. The van der Waals surface area contributed by atoms with Gasteiger partial charge in [0.15, 0.2) is 5.96 Å². The zero-order valence-corrected chi connectivity index (χ0v) is 16.1. The van der Waals surface area contributed by atoms with Crippen LogP contribution in [-0.4, -0.2) is 55.0 Å². The van der Waals surface area contributed by atoms with Crippen molar-refractivity contribution >= 4 is 29.9 Å². The number of hydrogen-bond donors (Lipinski definition) is 1. The predicted octanol–water partition coefficient (Wildman–Crippen LogP) is 2.92. The third-order valence-corrected chi connectivity index (χ3v) is 5.03. The van der Waals surface area contributed by atoms with Crippen LogP contribution in [0.4, 0.5) is 0 Å². The van der Waals surface area contributed by atoms with Gasteiger partial charge in [-0.15, -0.1) is 24.0 Å². The Balaban J connectivity index is 0.00000220. The second kappa shape index (κ2) is 9.87. The van der Waals surface area contributed by atoms with Gasteiger partial charge >= 0.3 is 0 Å². The molecule has 1 saturated heterocycles. The highest BCUT2D eigenvalue weighted by molar-refractivity contribution is 14.0. The van der Waals surface area contributed by atoms with Crippen LogP contribution in [-0.2, 0) is 0 Å². The number of likely N-dealkylation sites (N-methyl/N-ethyl adjacent to an activating group) is 1. The number of rotatable bonds is 4. The number of halogens is 1. The van der Waals surface area contributed by atoms with Gasteiger partial charge in [-0.25, -0.2) is 0 Å². The minimum Gasteiger partial charge on any atom is -0.370 e. The molecule has 0 aromatic rings. The fourth-order valence-corrected chi connectivity index (χ4v) is 3.36. The molecule has 0 amide bonds. The summed E-state index contributed by atoms with van der Waals surface area (Å²) in [6.45, 7) is 6.36. The number of hydrogen-bond acceptors (Lipinski definition) is 2. The first-order chi connectivity index (χ1) is 9.66. The number of nitrogens with two attached hydrogens (primary N) is 1. The average molecular weight is 408 g/mol. The molecule has 2 N–H and O–H groups in total. The highest BCUT2D eigenvalue weighted by Crippen LogP contribution is 2.21. The SMILES string of the molecule is CC1CCN(C(N)=NCCN(C)C2CCCCC2)CC1.I. The first-order valence-corrected chi connectivity index (χ1v) is 8.42. The largest absolute Gasteiger partial charge is 0.370 e. The number of guanidine groups is 1. The lowest BCUT2D eigenvalue weighted by Gasteiger charge is -2.32. The summed E-state index contributed by atoms with van der Waals surface area (Å²) < 4.78 is 0. The third-order valence-electron chi connectivity index (χ3n) is 5.03. The fraction of sp³-hybridized carbons (Fsp3) is 0.938. The molecular weight excluding hydrogens is 375 g/mol. The Morgan fingerprint density at radius 2 is 1.76 bits per heavy atom. The molecule has 0 spiro atoms. The van der Waals surface area contributed by atoms with Crippen LogP contribution in [0.2, 0.25) is 0 Å². The molecule has 0 atom stereocenters. The topological polar surface area (TPSA) is 44.9 Å². The standard InChI is InChI=1S/C16H32N4.HI/c1-14-8-11-20(12-9-14)16(17)18-10-13-19(2)15-6-4-3-5-7-15;/h14-15H,3-13H2,1-2H3,(H2,17,18);1H. The first-order valence-electron chi connectivity index (χ1n) is 8.42. The quantitative estimate of drug-likeness (QED) is 0.442. The summed E-state index contributed by atoms with van der Waals surface area (Å²) in [4.78, 5) is 9.32. The van der Waals surface area contributed by atoms with E-state index in [0.29, 0.717) is 0 Å². The lowest BCUT2D eigenvalue weighted by Crippen LogP contribution is -2.43. The van der Waals surface area contributed by atoms with Crippen LogP contribution in [0.5, 0.6) is 0 Å². The number of piperidine rings is 1. The Morgan fingerprint density at radius 3 is 2.38 bits per heavy atom. The van der Waals surface area contributed by atoms with E-state index in [9.17, 15) is 0 Å². The van der Waals surface area contributed by atoms with E-state index in [2.05, 4.69) is 28.8 Å². The van der Waals surface area contributed by atoms with E-state index in [0.717, 1.165) is 44.1 Å². The van der Waals surface area contributed by atoms with E-state index < -0.39 is 0 Å². The maximum absolute atomic E-state index is 6.12. The lowest BCUT2D eigenvalue weighted by molar-refractivity contribution is 0.196. The Morgan fingerprint density at radius 1 is 1.14 bits per heavy atom. The molecule has 1 heterocycles. The molecule has 4 nitrogen and oxygen atoms in total. The highest BCUT2D eigenvalue weighted by Gasteiger charge is 2.18. The van der Waals surface area contributed by atoms with Crippen molar-refractivity contribution < 1.29 is 0 Å². The normalized spacial score (nSPS) is 22.4. The van der Waals surface area contributed by atoms with Crippen LogP contribution < -0.4 is 5.73 Å². The molecule has 2 fully saturated rings. The van der Waals surface area contributed by atoms with Crippen LogP contribution in [0, 0.1) is 5.92 Å². The summed E-state index contributed by atoms with van der Waals surface area (Å²) in [6.07, 6.45) is 9.43. The average Bonchev–Trinajstić information content (AvgIpc) is 2.48. The fourth-order valence-electron chi connectivity index (χ4n) is 3.36. The highest BCUT2D eigenvalue weighted by atomic mass is 127. The van der Waals surface area contributed by atoms with Crippen molar-refractivity contribution in [3.63, 3.8) is 0 Å². The molecule has 0 aromatic carbocycles. The van der Waals surface area contributed by atoms with E-state index in [1.54, 1.807) is 0 Å². The van der Waals surface area contributed by atoms with Gasteiger partial charge in [0, 0.05) is 25.7 Å². The first kappa shape index (κ1) is 19.0. The minimum atomic E-state index is 0. The monoisotopic (exact) mass is 408 g/mol. The van der Waals surface area contributed by atoms with E-state index in [4.69, 9.17) is 5.73 Å². The third kappa shape index (κ3) is 6.30. The molecule has 2 rings (SSSR count). The molecular formula is C16H33IN4. The summed E-state index contributed by atoms with van der Waals surface area (Å²) in [5, 5.41) is 0. The molecule has 21 heavy (non-hydrogen) atoms. The Hall–Kier alpha value is -0.0400. The van der Waals surface area contributed by atoms with Gasteiger partial charge in [-0.05, 0) is 38.6 Å². The van der Waals surface area contributed by atoms with E-state index in [1.165, 1.54) is 44.9 Å². The second-order valence-corrected chi connectivity index (χ2v) is 6.68. The number of likely N-dealkylation sites (tertiary alicyclic amines) is 1. The van der Waals surface area contributed by atoms with Crippen molar-refractivity contribution in [2.45, 2.75) is 57.9 Å². The van der Waals surface area contributed by atoms with Gasteiger partial charge in [-0.2, -0.15) is 0 Å². The Kier molecular flexibility index (Phi) is 8.94. The molecule has 1 aliphatic carbocycles. The molecule has 1 aliphatic heterocycles. The van der Waals surface area contributed by atoms with E-state index >= 15 is 0 Å². The molecule has 0 radical (unpaired) electrons. The van der Waals surface area contributed by atoms with Crippen molar-refractivity contribution in [1.82, 2.24) is 9.80 Å². The van der Waals surface area contributed by atoms with Gasteiger partial charge in [0.1, 0.15) is 0 Å². The second-order valence-electron chi connectivity index (χ2n) is 6.68. The zero-order valence-electron chi connectivity index (χ0n) is 13.8. The summed E-state index contributed by atoms with van der Waals surface area (Å²) in [5.74, 6) is 1.60. The van der Waals surface area contributed by atoms with Crippen molar-refractivity contribution in [2.24, 2.45) is 16.6 Å². The smallest absolute Gasteiger partial charge is 0.191 e. The molecule has 124 valence electrons. The Labute approximate surface area is 147 Å². The molecule has 5 heteroatoms. The van der Waals surface area contributed by atoms with Crippen LogP contribution in [0.25, 0.3) is 0 Å². The van der Waals surface area contributed by atoms with Crippen LogP contribution in [0.3, 0.4) is 0 Å². The number of aliphatic imine (C=N–C) groups is 1. The summed E-state index contributed by atoms with van der Waals surface area (Å²) in [5.41, 5.74) is 6.12. The van der Waals surface area contributed by atoms with Gasteiger partial charge < -0.3 is 15.5 Å². The minimum absolute atomic E-state index is 0. The lowest BCUT2D eigenvalue weighted by atomic mass is 9.94. The van der Waals surface area contributed by atoms with Crippen molar-refractivity contribution in [2.75, 3.05) is 33.2 Å². The zero-order chi connectivity index (χ0) is 14.4. The van der Waals surface area contributed by atoms with Gasteiger partial charge in [-0.1, -0.05) is 26.2 Å². The predicted molar refractivity (Wildman–Crippen MR) is 101 cm³/mol. The van der Waals surface area contributed by atoms with Crippen LogP contribution in [0.15, 0.2) is 4.99 Å². The van der Waals surface area contributed by atoms with E-state index in [1.807, 2.05) is 0 Å². The Bertz CT molecular complexity index is 307. The van der Waals surface area contributed by atoms with E-state index in [-0.39, 0.29) is 24.0 Å². The maximum atomic E-state index is 6.12. The van der Waals surface area contributed by atoms with Gasteiger partial charge in [-0.3, -0.25) is 4.99 Å². The van der Waals surface area contributed by atoms with Crippen molar-refractivity contribution in [1.29, 1.82) is 0 Å².